The Morgan fingerprint density at radius 3 is 2.46 bits per heavy atom. The Bertz CT molecular complexity index is 486. The van der Waals surface area contributed by atoms with E-state index in [1.165, 1.54) is 25.3 Å². The fourth-order valence-electron chi connectivity index (χ4n) is 3.89. The minimum absolute atomic E-state index is 0.0815. The van der Waals surface area contributed by atoms with E-state index in [2.05, 4.69) is 0 Å². The lowest BCUT2D eigenvalue weighted by Crippen LogP contribution is -2.37. The van der Waals surface area contributed by atoms with Crippen molar-refractivity contribution in [1.29, 1.82) is 0 Å². The first-order chi connectivity index (χ1) is 11.3. The van der Waals surface area contributed by atoms with Gasteiger partial charge in [-0.3, -0.25) is 0 Å². The summed E-state index contributed by atoms with van der Waals surface area (Å²) in [5, 5.41) is 0. The molecule has 1 aliphatic carbocycles. The van der Waals surface area contributed by atoms with E-state index in [4.69, 9.17) is 9.47 Å². The van der Waals surface area contributed by atoms with Crippen molar-refractivity contribution in [2.75, 3.05) is 19.7 Å². The second-order valence-corrected chi connectivity index (χ2v) is 8.00. The molecule has 0 bridgehead atoms. The summed E-state index contributed by atoms with van der Waals surface area (Å²) in [6, 6.07) is 0. The van der Waals surface area contributed by atoms with E-state index in [-0.39, 0.29) is 23.4 Å². The van der Waals surface area contributed by atoms with Crippen LogP contribution in [0.5, 0.6) is 0 Å². The van der Waals surface area contributed by atoms with Crippen molar-refractivity contribution in [1.82, 2.24) is 4.90 Å². The van der Waals surface area contributed by atoms with Crippen LogP contribution in [0.2, 0.25) is 0 Å². The van der Waals surface area contributed by atoms with Crippen molar-refractivity contribution in [3.8, 4) is 0 Å². The maximum Gasteiger partial charge on any atom is 0.410 e. The average molecular weight is 337 g/mol. The van der Waals surface area contributed by atoms with Gasteiger partial charge in [0.2, 0.25) is 0 Å². The predicted octanol–water partition coefficient (Wildman–Crippen LogP) is 3.92. The number of rotatable bonds is 3. The second kappa shape index (κ2) is 7.58. The topological polar surface area (TPSA) is 55.8 Å². The minimum atomic E-state index is -0.490. The first-order valence-electron chi connectivity index (χ1n) is 9.09. The molecule has 1 atom stereocenters. The first kappa shape index (κ1) is 18.8. The minimum Gasteiger partial charge on any atom is -0.463 e. The Kier molecular flexibility index (Phi) is 5.94. The standard InChI is InChI=1S/C19H31NO4/c1-5-23-16(21)10-9-15-13-20(17(22)24-18(2,3)4)14-19(15)11-7-6-8-12-19/h9-10,15H,5-8,11-14H2,1-4H3/b10-9+. The third kappa shape index (κ3) is 4.74. The molecule has 5 heteroatoms. The number of carbonyl (C=O) groups excluding carboxylic acids is 2. The van der Waals surface area contributed by atoms with Crippen molar-refractivity contribution in [3.63, 3.8) is 0 Å². The molecular weight excluding hydrogens is 306 g/mol. The van der Waals surface area contributed by atoms with Crippen LogP contribution in [0.3, 0.4) is 0 Å². The van der Waals surface area contributed by atoms with E-state index in [1.54, 1.807) is 6.92 Å². The van der Waals surface area contributed by atoms with Gasteiger partial charge in [-0.05, 0) is 46.0 Å². The molecule has 1 amide bonds. The summed E-state index contributed by atoms with van der Waals surface area (Å²) in [5.41, 5.74) is -0.409. The van der Waals surface area contributed by atoms with Gasteiger partial charge in [0.15, 0.2) is 0 Å². The van der Waals surface area contributed by atoms with E-state index in [0.29, 0.717) is 13.2 Å². The SMILES string of the molecule is CCOC(=O)/C=C/C1CN(C(=O)OC(C)(C)C)CC12CCCCC2. The second-order valence-electron chi connectivity index (χ2n) is 8.00. The van der Waals surface area contributed by atoms with Crippen LogP contribution in [-0.4, -0.2) is 42.3 Å². The number of hydrogen-bond acceptors (Lipinski definition) is 4. The molecule has 5 nitrogen and oxygen atoms in total. The van der Waals surface area contributed by atoms with Crippen LogP contribution < -0.4 is 0 Å². The van der Waals surface area contributed by atoms with Gasteiger partial charge in [-0.25, -0.2) is 9.59 Å². The number of carbonyl (C=O) groups is 2. The maximum absolute atomic E-state index is 12.5. The highest BCUT2D eigenvalue weighted by Crippen LogP contribution is 2.48. The maximum atomic E-state index is 12.5. The van der Waals surface area contributed by atoms with Gasteiger partial charge in [0.1, 0.15) is 5.60 Å². The highest BCUT2D eigenvalue weighted by molar-refractivity contribution is 5.82. The van der Waals surface area contributed by atoms with Crippen LogP contribution >= 0.6 is 0 Å². The van der Waals surface area contributed by atoms with Gasteiger partial charge >= 0.3 is 12.1 Å². The van der Waals surface area contributed by atoms with Crippen LogP contribution in [0.4, 0.5) is 4.79 Å². The molecule has 1 saturated heterocycles. The number of ether oxygens (including phenoxy) is 2. The quantitative estimate of drug-likeness (QED) is 0.578. The third-order valence-electron chi connectivity index (χ3n) is 4.96. The van der Waals surface area contributed by atoms with Crippen LogP contribution in [0.1, 0.15) is 59.8 Å². The largest absolute Gasteiger partial charge is 0.463 e. The Labute approximate surface area is 145 Å². The molecule has 2 aliphatic rings. The summed E-state index contributed by atoms with van der Waals surface area (Å²) in [7, 11) is 0. The van der Waals surface area contributed by atoms with E-state index < -0.39 is 5.60 Å². The lowest BCUT2D eigenvalue weighted by atomic mass is 9.67. The van der Waals surface area contributed by atoms with Crippen LogP contribution in [0, 0.1) is 11.3 Å². The van der Waals surface area contributed by atoms with Crippen LogP contribution in [-0.2, 0) is 14.3 Å². The molecule has 0 aromatic carbocycles. The van der Waals surface area contributed by atoms with Crippen molar-refractivity contribution < 1.29 is 19.1 Å². The Balaban J connectivity index is 2.11. The fraction of sp³-hybridized carbons (Fsp3) is 0.789. The molecule has 0 aromatic heterocycles. The highest BCUT2D eigenvalue weighted by atomic mass is 16.6. The summed E-state index contributed by atoms with van der Waals surface area (Å²) in [5.74, 6) is -0.117. The average Bonchev–Trinajstić information content (AvgIpc) is 2.83. The lowest BCUT2D eigenvalue weighted by Gasteiger charge is -2.37. The summed E-state index contributed by atoms with van der Waals surface area (Å²) < 4.78 is 10.5. The smallest absolute Gasteiger partial charge is 0.410 e. The molecular formula is C19H31NO4. The summed E-state index contributed by atoms with van der Waals surface area (Å²) >= 11 is 0. The van der Waals surface area contributed by atoms with Crippen LogP contribution in [0.25, 0.3) is 0 Å². The van der Waals surface area contributed by atoms with Gasteiger partial charge in [0.25, 0.3) is 0 Å². The number of nitrogens with zero attached hydrogens (tertiary/aromatic N) is 1. The van der Waals surface area contributed by atoms with Crippen molar-refractivity contribution in [3.05, 3.63) is 12.2 Å². The van der Waals surface area contributed by atoms with E-state index in [9.17, 15) is 9.59 Å². The van der Waals surface area contributed by atoms with Gasteiger partial charge in [0, 0.05) is 25.1 Å². The Hall–Kier alpha value is -1.52. The molecule has 1 unspecified atom stereocenters. The van der Waals surface area contributed by atoms with Gasteiger partial charge in [-0.15, -0.1) is 0 Å². The number of hydrogen-bond donors (Lipinski definition) is 0. The van der Waals surface area contributed by atoms with Gasteiger partial charge in [-0.2, -0.15) is 0 Å². The van der Waals surface area contributed by atoms with Gasteiger partial charge < -0.3 is 14.4 Å². The van der Waals surface area contributed by atoms with Crippen molar-refractivity contribution in [2.24, 2.45) is 11.3 Å². The number of likely N-dealkylation sites (tertiary alicyclic amines) is 1. The van der Waals surface area contributed by atoms with Crippen molar-refractivity contribution in [2.45, 2.75) is 65.4 Å². The molecule has 1 heterocycles. The summed E-state index contributed by atoms with van der Waals surface area (Å²) in [4.78, 5) is 25.9. The monoisotopic (exact) mass is 337 g/mol. The molecule has 0 N–H and O–H groups in total. The first-order valence-corrected chi connectivity index (χ1v) is 9.09. The molecule has 0 aromatic rings. The predicted molar refractivity (Wildman–Crippen MR) is 92.6 cm³/mol. The van der Waals surface area contributed by atoms with E-state index >= 15 is 0 Å². The zero-order chi connectivity index (χ0) is 17.8. The number of esters is 1. The normalized spacial score (nSPS) is 23.7. The molecule has 1 spiro atoms. The summed E-state index contributed by atoms with van der Waals surface area (Å²) in [6.07, 6.45) is 9.06. The Morgan fingerprint density at radius 2 is 1.88 bits per heavy atom. The lowest BCUT2D eigenvalue weighted by molar-refractivity contribution is -0.137. The zero-order valence-electron chi connectivity index (χ0n) is 15.5. The highest BCUT2D eigenvalue weighted by Gasteiger charge is 2.47. The van der Waals surface area contributed by atoms with Crippen molar-refractivity contribution >= 4 is 12.1 Å². The molecule has 1 aliphatic heterocycles. The molecule has 136 valence electrons. The molecule has 0 radical (unpaired) electrons. The van der Waals surface area contributed by atoms with Gasteiger partial charge in [-0.1, -0.05) is 25.3 Å². The van der Waals surface area contributed by atoms with Crippen LogP contribution in [0.15, 0.2) is 12.2 Å². The fourth-order valence-corrected chi connectivity index (χ4v) is 3.89. The molecule has 2 rings (SSSR count). The van der Waals surface area contributed by atoms with E-state index in [1.807, 2.05) is 31.7 Å². The van der Waals surface area contributed by atoms with Gasteiger partial charge in [0.05, 0.1) is 6.61 Å². The molecule has 24 heavy (non-hydrogen) atoms. The summed E-state index contributed by atoms with van der Waals surface area (Å²) in [6.45, 7) is 9.17. The Morgan fingerprint density at radius 1 is 1.21 bits per heavy atom. The molecule has 1 saturated carbocycles. The third-order valence-corrected chi connectivity index (χ3v) is 4.96. The zero-order valence-corrected chi connectivity index (χ0v) is 15.5. The van der Waals surface area contributed by atoms with E-state index in [0.717, 1.165) is 19.4 Å². The molecule has 2 fully saturated rings. The number of amides is 1.